The van der Waals surface area contributed by atoms with Crippen LogP contribution in [0.3, 0.4) is 0 Å². The zero-order chi connectivity index (χ0) is 14.8. The van der Waals surface area contributed by atoms with Gasteiger partial charge in [0.05, 0.1) is 20.3 Å². The van der Waals surface area contributed by atoms with Gasteiger partial charge in [-0.25, -0.2) is 0 Å². The van der Waals surface area contributed by atoms with E-state index in [1.54, 1.807) is 14.2 Å². The van der Waals surface area contributed by atoms with Crippen molar-refractivity contribution in [3.8, 4) is 23.0 Å². The van der Waals surface area contributed by atoms with Crippen LogP contribution in [-0.4, -0.2) is 21.0 Å². The van der Waals surface area contributed by atoms with E-state index in [4.69, 9.17) is 24.7 Å². The molecule has 0 amide bonds. The molecule has 1 heterocycles. The fraction of sp³-hybridized carbons (Fsp3) is 0.250. The van der Waals surface area contributed by atoms with Gasteiger partial charge in [0, 0.05) is 11.6 Å². The maximum atomic E-state index is 6.36. The topological polar surface area (TPSA) is 62.9 Å². The fourth-order valence-electron chi connectivity index (χ4n) is 2.36. The molecule has 0 radical (unpaired) electrons. The van der Waals surface area contributed by atoms with Crippen LogP contribution in [0.2, 0.25) is 0 Å². The molecule has 0 aliphatic carbocycles. The van der Waals surface area contributed by atoms with Crippen molar-refractivity contribution in [3.63, 3.8) is 0 Å². The first-order chi connectivity index (χ1) is 10.2. The smallest absolute Gasteiger partial charge is 0.231 e. The van der Waals surface area contributed by atoms with Crippen molar-refractivity contribution < 1.29 is 18.9 Å². The molecule has 2 aromatic rings. The minimum Gasteiger partial charge on any atom is -0.497 e. The number of hydrogen-bond acceptors (Lipinski definition) is 5. The summed E-state index contributed by atoms with van der Waals surface area (Å²) >= 11 is 0. The summed E-state index contributed by atoms with van der Waals surface area (Å²) in [6.07, 6.45) is 0. The van der Waals surface area contributed by atoms with Gasteiger partial charge in [-0.1, -0.05) is 6.07 Å². The predicted octanol–water partition coefficient (Wildman–Crippen LogP) is 2.48. The summed E-state index contributed by atoms with van der Waals surface area (Å²) in [5.41, 5.74) is 8.18. The molecule has 1 aliphatic heterocycles. The van der Waals surface area contributed by atoms with E-state index in [0.717, 1.165) is 28.4 Å². The summed E-state index contributed by atoms with van der Waals surface area (Å²) in [6.45, 7) is 0.250. The highest BCUT2D eigenvalue weighted by molar-refractivity contribution is 5.50. The Labute approximate surface area is 123 Å². The largest absolute Gasteiger partial charge is 0.497 e. The van der Waals surface area contributed by atoms with E-state index in [9.17, 15) is 0 Å². The highest BCUT2D eigenvalue weighted by Crippen LogP contribution is 2.37. The van der Waals surface area contributed by atoms with Crippen molar-refractivity contribution in [3.05, 3.63) is 47.5 Å². The number of hydrogen-bond donors (Lipinski definition) is 1. The zero-order valence-corrected chi connectivity index (χ0v) is 12.0. The Balaban J connectivity index is 1.96. The van der Waals surface area contributed by atoms with Gasteiger partial charge in [0.25, 0.3) is 0 Å². The Morgan fingerprint density at radius 1 is 1.00 bits per heavy atom. The standard InChI is InChI=1S/C16H17NO4/c1-18-11-4-5-12(14(8-11)19-2)16(17)10-3-6-13-15(7-10)21-9-20-13/h3-8,16H,9,17H2,1-2H3. The number of benzene rings is 2. The lowest BCUT2D eigenvalue weighted by Gasteiger charge is -2.17. The Morgan fingerprint density at radius 2 is 1.81 bits per heavy atom. The molecule has 3 rings (SSSR count). The SMILES string of the molecule is COc1ccc(C(N)c2ccc3c(c2)OCO3)c(OC)c1. The molecule has 0 saturated heterocycles. The number of methoxy groups -OCH3 is 2. The van der Waals surface area contributed by atoms with Gasteiger partial charge >= 0.3 is 0 Å². The molecule has 1 unspecified atom stereocenters. The Hall–Kier alpha value is -2.40. The third kappa shape index (κ3) is 2.48. The number of rotatable bonds is 4. The van der Waals surface area contributed by atoms with Crippen LogP contribution in [0.5, 0.6) is 23.0 Å². The first-order valence-electron chi connectivity index (χ1n) is 6.60. The van der Waals surface area contributed by atoms with Crippen molar-refractivity contribution in [1.29, 1.82) is 0 Å². The van der Waals surface area contributed by atoms with E-state index < -0.39 is 0 Å². The third-order valence-corrected chi connectivity index (χ3v) is 3.53. The number of ether oxygens (including phenoxy) is 4. The Bertz CT molecular complexity index is 657. The fourth-order valence-corrected chi connectivity index (χ4v) is 2.36. The second kappa shape index (κ2) is 5.54. The molecule has 5 heteroatoms. The summed E-state index contributed by atoms with van der Waals surface area (Å²) in [7, 11) is 3.23. The molecule has 1 atom stereocenters. The van der Waals surface area contributed by atoms with E-state index in [1.807, 2.05) is 36.4 Å². The van der Waals surface area contributed by atoms with E-state index in [1.165, 1.54) is 0 Å². The van der Waals surface area contributed by atoms with Gasteiger partial charge in [0.15, 0.2) is 11.5 Å². The molecule has 0 saturated carbocycles. The van der Waals surface area contributed by atoms with Crippen LogP contribution in [0, 0.1) is 0 Å². The van der Waals surface area contributed by atoms with E-state index >= 15 is 0 Å². The summed E-state index contributed by atoms with van der Waals surface area (Å²) in [5, 5.41) is 0. The minimum atomic E-state index is -0.319. The average molecular weight is 287 g/mol. The van der Waals surface area contributed by atoms with Gasteiger partial charge in [0.2, 0.25) is 6.79 Å². The molecule has 0 bridgehead atoms. The van der Waals surface area contributed by atoms with Crippen molar-refractivity contribution in [2.24, 2.45) is 5.73 Å². The second-order valence-corrected chi connectivity index (χ2v) is 4.70. The van der Waals surface area contributed by atoms with Gasteiger partial charge in [-0.15, -0.1) is 0 Å². The lowest BCUT2D eigenvalue weighted by molar-refractivity contribution is 0.174. The van der Waals surface area contributed by atoms with Crippen molar-refractivity contribution in [2.45, 2.75) is 6.04 Å². The summed E-state index contributed by atoms with van der Waals surface area (Å²) in [5.74, 6) is 2.89. The van der Waals surface area contributed by atoms with Gasteiger partial charge in [-0.2, -0.15) is 0 Å². The highest BCUT2D eigenvalue weighted by Gasteiger charge is 2.19. The van der Waals surface area contributed by atoms with Crippen LogP contribution in [0.1, 0.15) is 17.2 Å². The van der Waals surface area contributed by atoms with E-state index in [0.29, 0.717) is 5.75 Å². The molecule has 0 fully saturated rings. The maximum absolute atomic E-state index is 6.36. The molecule has 1 aliphatic rings. The number of nitrogens with two attached hydrogens (primary N) is 1. The quantitative estimate of drug-likeness (QED) is 0.936. The van der Waals surface area contributed by atoms with Crippen molar-refractivity contribution in [1.82, 2.24) is 0 Å². The van der Waals surface area contributed by atoms with E-state index in [-0.39, 0.29) is 12.8 Å². The molecule has 21 heavy (non-hydrogen) atoms. The van der Waals surface area contributed by atoms with Gasteiger partial charge in [0.1, 0.15) is 11.5 Å². The molecule has 0 spiro atoms. The average Bonchev–Trinajstić information content (AvgIpc) is 3.01. The van der Waals surface area contributed by atoms with Crippen LogP contribution in [0.4, 0.5) is 0 Å². The summed E-state index contributed by atoms with van der Waals surface area (Å²) in [4.78, 5) is 0. The van der Waals surface area contributed by atoms with Crippen LogP contribution < -0.4 is 24.7 Å². The maximum Gasteiger partial charge on any atom is 0.231 e. The van der Waals surface area contributed by atoms with Gasteiger partial charge in [-0.3, -0.25) is 0 Å². The highest BCUT2D eigenvalue weighted by atomic mass is 16.7. The summed E-state index contributed by atoms with van der Waals surface area (Å²) < 4.78 is 21.3. The van der Waals surface area contributed by atoms with Crippen LogP contribution in [0.25, 0.3) is 0 Å². The predicted molar refractivity (Wildman–Crippen MR) is 78.1 cm³/mol. The number of fused-ring (bicyclic) bond motifs is 1. The summed E-state index contributed by atoms with van der Waals surface area (Å²) in [6, 6.07) is 11.0. The lowest BCUT2D eigenvalue weighted by Crippen LogP contribution is -2.13. The lowest BCUT2D eigenvalue weighted by atomic mass is 9.98. The normalized spacial score (nSPS) is 13.9. The third-order valence-electron chi connectivity index (χ3n) is 3.53. The van der Waals surface area contributed by atoms with Crippen LogP contribution >= 0.6 is 0 Å². The molecule has 0 aromatic heterocycles. The van der Waals surface area contributed by atoms with Crippen molar-refractivity contribution in [2.75, 3.05) is 21.0 Å². The first-order valence-corrected chi connectivity index (χ1v) is 6.60. The van der Waals surface area contributed by atoms with Crippen molar-refractivity contribution >= 4 is 0 Å². The first kappa shape index (κ1) is 13.6. The van der Waals surface area contributed by atoms with Gasteiger partial charge < -0.3 is 24.7 Å². The zero-order valence-electron chi connectivity index (χ0n) is 12.0. The molecule has 2 aromatic carbocycles. The van der Waals surface area contributed by atoms with E-state index in [2.05, 4.69) is 0 Å². The second-order valence-electron chi connectivity index (χ2n) is 4.70. The molecular weight excluding hydrogens is 270 g/mol. The molecule has 110 valence electrons. The van der Waals surface area contributed by atoms with Crippen LogP contribution in [-0.2, 0) is 0 Å². The Kier molecular flexibility index (Phi) is 3.58. The van der Waals surface area contributed by atoms with Crippen LogP contribution in [0.15, 0.2) is 36.4 Å². The molecule has 5 nitrogen and oxygen atoms in total. The Morgan fingerprint density at radius 3 is 2.57 bits per heavy atom. The monoisotopic (exact) mass is 287 g/mol. The van der Waals surface area contributed by atoms with Gasteiger partial charge in [-0.05, 0) is 29.8 Å². The molecular formula is C16H17NO4. The minimum absolute atomic E-state index is 0.250. The molecule has 2 N–H and O–H groups in total.